The number of hydrogen-bond acceptors (Lipinski definition) is 2. The molecule has 0 heterocycles. The van der Waals surface area contributed by atoms with E-state index in [1.54, 1.807) is 0 Å². The van der Waals surface area contributed by atoms with Gasteiger partial charge in [0.25, 0.3) is 0 Å². The van der Waals surface area contributed by atoms with Crippen molar-refractivity contribution in [2.24, 2.45) is 0 Å². The zero-order chi connectivity index (χ0) is 12.7. The Morgan fingerprint density at radius 2 is 2.00 bits per heavy atom. The van der Waals surface area contributed by atoms with Crippen molar-refractivity contribution in [3.05, 3.63) is 42.0 Å². The van der Waals surface area contributed by atoms with Crippen LogP contribution in [0.5, 0.6) is 5.75 Å². The lowest BCUT2D eigenvalue weighted by atomic mass is 10.1. The Hall–Kier alpha value is -1.28. The van der Waals surface area contributed by atoms with Crippen molar-refractivity contribution < 1.29 is 4.74 Å². The monoisotopic (exact) mass is 233 g/mol. The Morgan fingerprint density at radius 1 is 1.35 bits per heavy atom. The van der Waals surface area contributed by atoms with E-state index in [0.29, 0.717) is 12.6 Å². The van der Waals surface area contributed by atoms with E-state index in [2.05, 4.69) is 37.9 Å². The minimum absolute atomic E-state index is 0.502. The van der Waals surface area contributed by atoms with E-state index in [4.69, 9.17) is 4.74 Å². The first-order valence-corrected chi connectivity index (χ1v) is 6.21. The van der Waals surface area contributed by atoms with E-state index in [9.17, 15) is 0 Å². The molecule has 0 aliphatic carbocycles. The fourth-order valence-corrected chi connectivity index (χ4v) is 1.46. The predicted octanol–water partition coefficient (Wildman–Crippen LogP) is 3.18. The van der Waals surface area contributed by atoms with Crippen LogP contribution in [0.3, 0.4) is 0 Å². The van der Waals surface area contributed by atoms with Crippen LogP contribution >= 0.6 is 0 Å². The van der Waals surface area contributed by atoms with E-state index in [-0.39, 0.29) is 0 Å². The lowest BCUT2D eigenvalue weighted by Gasteiger charge is -2.11. The molecule has 1 aromatic rings. The smallest absolute Gasteiger partial charge is 0.119 e. The summed E-state index contributed by atoms with van der Waals surface area (Å²) in [6, 6.07) is 8.80. The molecule has 1 unspecified atom stereocenters. The molecule has 0 radical (unpaired) electrons. The second kappa shape index (κ2) is 7.13. The van der Waals surface area contributed by atoms with Crippen LogP contribution in [-0.4, -0.2) is 19.7 Å². The third-order valence-corrected chi connectivity index (χ3v) is 2.90. The molecule has 2 nitrogen and oxygen atoms in total. The van der Waals surface area contributed by atoms with Crippen LogP contribution in [0.25, 0.3) is 0 Å². The fraction of sp³-hybridized carbons (Fsp3) is 0.467. The average Bonchev–Trinajstić information content (AvgIpc) is 2.37. The molecule has 0 aliphatic heterocycles. The first kappa shape index (κ1) is 13.8. The van der Waals surface area contributed by atoms with Gasteiger partial charge in [-0.05, 0) is 50.1 Å². The summed E-state index contributed by atoms with van der Waals surface area (Å²) in [5.74, 6) is 0.917. The molecule has 0 aromatic heterocycles. The maximum absolute atomic E-state index is 5.63. The molecule has 1 aromatic carbocycles. The van der Waals surface area contributed by atoms with Crippen molar-refractivity contribution in [1.29, 1.82) is 0 Å². The highest BCUT2D eigenvalue weighted by atomic mass is 16.5. The van der Waals surface area contributed by atoms with Gasteiger partial charge < -0.3 is 10.1 Å². The highest BCUT2D eigenvalue weighted by Gasteiger charge is 2.01. The van der Waals surface area contributed by atoms with E-state index < -0.39 is 0 Å². The van der Waals surface area contributed by atoms with Gasteiger partial charge in [-0.15, -0.1) is 0 Å². The minimum atomic E-state index is 0.502. The molecule has 17 heavy (non-hydrogen) atoms. The molecule has 0 aliphatic rings. The van der Waals surface area contributed by atoms with Gasteiger partial charge in [0.1, 0.15) is 12.4 Å². The summed E-state index contributed by atoms with van der Waals surface area (Å²) in [4.78, 5) is 0. The third-order valence-electron chi connectivity index (χ3n) is 2.90. The first-order valence-electron chi connectivity index (χ1n) is 6.21. The standard InChI is InChI=1S/C15H23NO/c1-5-12(2)11-17-15-8-6-14(7-9-15)10-13(3)16-4/h6-9,13,16H,2,5,10-11H2,1,3-4H3. The topological polar surface area (TPSA) is 21.3 Å². The zero-order valence-corrected chi connectivity index (χ0v) is 11.1. The molecule has 1 atom stereocenters. The lowest BCUT2D eigenvalue weighted by Crippen LogP contribution is -2.23. The summed E-state index contributed by atoms with van der Waals surface area (Å²) in [6.07, 6.45) is 2.01. The van der Waals surface area contributed by atoms with Crippen molar-refractivity contribution in [3.63, 3.8) is 0 Å². The Kier molecular flexibility index (Phi) is 5.78. The lowest BCUT2D eigenvalue weighted by molar-refractivity contribution is 0.349. The summed E-state index contributed by atoms with van der Waals surface area (Å²) in [6.45, 7) is 8.80. The largest absolute Gasteiger partial charge is 0.489 e. The fourth-order valence-electron chi connectivity index (χ4n) is 1.46. The van der Waals surface area contributed by atoms with Gasteiger partial charge >= 0.3 is 0 Å². The van der Waals surface area contributed by atoms with Gasteiger partial charge in [0.05, 0.1) is 0 Å². The number of likely N-dealkylation sites (N-methyl/N-ethyl adjacent to an activating group) is 1. The van der Waals surface area contributed by atoms with Crippen molar-refractivity contribution in [2.45, 2.75) is 32.7 Å². The average molecular weight is 233 g/mol. The Morgan fingerprint density at radius 3 is 2.53 bits per heavy atom. The quantitative estimate of drug-likeness (QED) is 0.730. The molecule has 1 rings (SSSR count). The Labute approximate surface area is 105 Å². The second-order valence-electron chi connectivity index (χ2n) is 4.43. The number of rotatable bonds is 7. The number of nitrogens with one attached hydrogen (secondary N) is 1. The van der Waals surface area contributed by atoms with Crippen LogP contribution < -0.4 is 10.1 Å². The normalized spacial score (nSPS) is 12.2. The maximum atomic E-state index is 5.63. The number of benzene rings is 1. The van der Waals surface area contributed by atoms with Crippen molar-refractivity contribution in [1.82, 2.24) is 5.32 Å². The number of hydrogen-bond donors (Lipinski definition) is 1. The van der Waals surface area contributed by atoms with Crippen LogP contribution in [0.1, 0.15) is 25.8 Å². The Bertz CT molecular complexity index is 342. The predicted molar refractivity (Wildman–Crippen MR) is 73.6 cm³/mol. The van der Waals surface area contributed by atoms with Crippen LogP contribution in [0.15, 0.2) is 36.4 Å². The molecule has 2 heteroatoms. The van der Waals surface area contributed by atoms with Gasteiger partial charge in [0, 0.05) is 6.04 Å². The van der Waals surface area contributed by atoms with Crippen molar-refractivity contribution in [3.8, 4) is 5.75 Å². The summed E-state index contributed by atoms with van der Waals surface area (Å²) in [5, 5.41) is 3.23. The minimum Gasteiger partial charge on any atom is -0.489 e. The van der Waals surface area contributed by atoms with Gasteiger partial charge in [0.15, 0.2) is 0 Å². The molecule has 0 spiro atoms. The van der Waals surface area contributed by atoms with Crippen LogP contribution in [0.4, 0.5) is 0 Å². The summed E-state index contributed by atoms with van der Waals surface area (Å²) >= 11 is 0. The van der Waals surface area contributed by atoms with Crippen LogP contribution in [-0.2, 0) is 6.42 Å². The van der Waals surface area contributed by atoms with Gasteiger partial charge in [-0.2, -0.15) is 0 Å². The van der Waals surface area contributed by atoms with E-state index in [1.807, 2.05) is 19.2 Å². The first-order chi connectivity index (χ1) is 8.15. The van der Waals surface area contributed by atoms with E-state index >= 15 is 0 Å². The SMILES string of the molecule is C=C(CC)COc1ccc(CC(C)NC)cc1. The molecule has 0 bridgehead atoms. The molecule has 0 saturated carbocycles. The highest BCUT2D eigenvalue weighted by Crippen LogP contribution is 2.14. The molecular formula is C15H23NO. The molecule has 0 amide bonds. The van der Waals surface area contributed by atoms with E-state index in [1.165, 1.54) is 5.56 Å². The summed E-state index contributed by atoms with van der Waals surface area (Å²) in [7, 11) is 1.98. The van der Waals surface area contributed by atoms with Crippen molar-refractivity contribution in [2.75, 3.05) is 13.7 Å². The summed E-state index contributed by atoms with van der Waals surface area (Å²) < 4.78 is 5.63. The van der Waals surface area contributed by atoms with E-state index in [0.717, 1.165) is 24.2 Å². The molecule has 0 fully saturated rings. The second-order valence-corrected chi connectivity index (χ2v) is 4.43. The molecular weight excluding hydrogens is 210 g/mol. The van der Waals surface area contributed by atoms with Crippen molar-refractivity contribution >= 4 is 0 Å². The van der Waals surface area contributed by atoms with Gasteiger partial charge in [-0.3, -0.25) is 0 Å². The number of ether oxygens (including phenoxy) is 1. The van der Waals surface area contributed by atoms with Gasteiger partial charge in [-0.1, -0.05) is 25.6 Å². The van der Waals surface area contributed by atoms with Crippen LogP contribution in [0, 0.1) is 0 Å². The van der Waals surface area contributed by atoms with Gasteiger partial charge in [-0.25, -0.2) is 0 Å². The van der Waals surface area contributed by atoms with Gasteiger partial charge in [0.2, 0.25) is 0 Å². The zero-order valence-electron chi connectivity index (χ0n) is 11.1. The maximum Gasteiger partial charge on any atom is 0.119 e. The summed E-state index contributed by atoms with van der Waals surface area (Å²) in [5.41, 5.74) is 2.45. The molecule has 1 N–H and O–H groups in total. The molecule has 94 valence electrons. The Balaban J connectivity index is 2.47. The van der Waals surface area contributed by atoms with Crippen LogP contribution in [0.2, 0.25) is 0 Å². The highest BCUT2D eigenvalue weighted by molar-refractivity contribution is 5.28. The third kappa shape index (κ3) is 5.05. The molecule has 0 saturated heterocycles.